The average molecular weight is 385 g/mol. The highest BCUT2D eigenvalue weighted by Gasteiger charge is 2.14. The average Bonchev–Trinajstić information content (AvgIpc) is 2.93. The topological polar surface area (TPSA) is 51.0 Å². The van der Waals surface area contributed by atoms with E-state index in [1.165, 1.54) is 0 Å². The first kappa shape index (κ1) is 15.3. The van der Waals surface area contributed by atoms with Gasteiger partial charge in [0.2, 0.25) is 0 Å². The van der Waals surface area contributed by atoms with Crippen LogP contribution in [0.2, 0.25) is 0 Å². The van der Waals surface area contributed by atoms with E-state index < -0.39 is 0 Å². The van der Waals surface area contributed by atoms with E-state index in [0.717, 1.165) is 45.9 Å². The van der Waals surface area contributed by atoms with Gasteiger partial charge in [0.05, 0.1) is 21.1 Å². The van der Waals surface area contributed by atoms with E-state index in [1.807, 2.05) is 6.07 Å². The van der Waals surface area contributed by atoms with Crippen molar-refractivity contribution in [3.63, 3.8) is 0 Å². The molecule has 4 nitrogen and oxygen atoms in total. The highest BCUT2D eigenvalue weighted by molar-refractivity contribution is 14.1. The highest BCUT2D eigenvalue weighted by Crippen LogP contribution is 2.26. The Morgan fingerprint density at radius 3 is 2.75 bits per heavy atom. The molecule has 5 heteroatoms. The molecule has 0 atom stereocenters. The van der Waals surface area contributed by atoms with Crippen molar-refractivity contribution >= 4 is 28.4 Å². The molecule has 0 fully saturated rings. The van der Waals surface area contributed by atoms with Gasteiger partial charge in [-0.3, -0.25) is 0 Å². The molecular weight excluding hydrogens is 365 g/mol. The third kappa shape index (κ3) is 3.71. The summed E-state index contributed by atoms with van der Waals surface area (Å²) in [6, 6.07) is 1.89. The molecule has 2 heterocycles. The van der Waals surface area contributed by atoms with Gasteiger partial charge in [-0.2, -0.15) is 0 Å². The molecule has 0 bridgehead atoms. The van der Waals surface area contributed by atoms with Gasteiger partial charge < -0.3 is 9.73 Å². The molecule has 0 aliphatic heterocycles. The van der Waals surface area contributed by atoms with Crippen molar-refractivity contribution in [2.45, 2.75) is 33.6 Å². The van der Waals surface area contributed by atoms with Gasteiger partial charge in [-0.1, -0.05) is 20.8 Å². The highest BCUT2D eigenvalue weighted by atomic mass is 127. The van der Waals surface area contributed by atoms with Gasteiger partial charge in [-0.25, -0.2) is 9.97 Å². The minimum absolute atomic E-state index is 0.564. The van der Waals surface area contributed by atoms with Gasteiger partial charge in [-0.05, 0) is 47.4 Å². The second-order valence-corrected chi connectivity index (χ2v) is 6.27. The van der Waals surface area contributed by atoms with Gasteiger partial charge >= 0.3 is 0 Å². The summed E-state index contributed by atoms with van der Waals surface area (Å²) >= 11 is 2.34. The molecule has 0 saturated heterocycles. The first-order chi connectivity index (χ1) is 9.61. The van der Waals surface area contributed by atoms with E-state index in [0.29, 0.717) is 5.92 Å². The first-order valence-electron chi connectivity index (χ1n) is 6.94. The molecule has 0 spiro atoms. The monoisotopic (exact) mass is 385 g/mol. The second-order valence-electron chi connectivity index (χ2n) is 5.19. The fourth-order valence-electron chi connectivity index (χ4n) is 1.90. The van der Waals surface area contributed by atoms with Crippen LogP contribution in [0.4, 0.5) is 5.82 Å². The molecule has 2 rings (SSSR count). The summed E-state index contributed by atoms with van der Waals surface area (Å²) in [4.78, 5) is 9.34. The van der Waals surface area contributed by atoms with Crippen molar-refractivity contribution in [1.29, 1.82) is 0 Å². The summed E-state index contributed by atoms with van der Waals surface area (Å²) in [6.07, 6.45) is 5.36. The lowest BCUT2D eigenvalue weighted by Gasteiger charge is -2.13. The van der Waals surface area contributed by atoms with E-state index in [-0.39, 0.29) is 0 Å². The van der Waals surface area contributed by atoms with E-state index >= 15 is 0 Å². The zero-order valence-electron chi connectivity index (χ0n) is 12.1. The molecule has 0 unspecified atom stereocenters. The molecule has 0 aromatic carbocycles. The van der Waals surface area contributed by atoms with Crippen LogP contribution in [-0.4, -0.2) is 16.5 Å². The van der Waals surface area contributed by atoms with Crippen LogP contribution in [0.5, 0.6) is 0 Å². The molecule has 0 aliphatic rings. The number of furan rings is 1. The maximum Gasteiger partial charge on any atom is 0.165 e. The molecule has 108 valence electrons. The van der Waals surface area contributed by atoms with Crippen LogP contribution in [0.25, 0.3) is 11.4 Å². The summed E-state index contributed by atoms with van der Waals surface area (Å²) in [5.74, 6) is 2.22. The first-order valence-corrected chi connectivity index (χ1v) is 8.02. The molecule has 2 aromatic heterocycles. The number of aromatic nitrogens is 2. The lowest BCUT2D eigenvalue weighted by molar-refractivity contribution is 0.568. The molecule has 0 aliphatic carbocycles. The number of nitrogens with one attached hydrogen (secondary N) is 1. The van der Waals surface area contributed by atoms with E-state index in [4.69, 9.17) is 9.40 Å². The Morgan fingerprint density at radius 1 is 1.35 bits per heavy atom. The maximum atomic E-state index is 5.14. The van der Waals surface area contributed by atoms with Crippen molar-refractivity contribution in [3.8, 4) is 11.4 Å². The minimum atomic E-state index is 0.564. The zero-order valence-corrected chi connectivity index (χ0v) is 14.3. The summed E-state index contributed by atoms with van der Waals surface area (Å²) in [5.41, 5.74) is 2.02. The Kier molecular flexibility index (Phi) is 5.39. The number of halogens is 1. The van der Waals surface area contributed by atoms with Crippen LogP contribution < -0.4 is 5.32 Å². The molecular formula is C15H20IN3O. The van der Waals surface area contributed by atoms with Gasteiger partial charge in [0, 0.05) is 6.54 Å². The standard InChI is InChI=1S/C15H20IN3O/c1-4-6-17-15-13(16)12(8-10(2)3)18-14(19-15)11-5-7-20-9-11/h5,7,9-10H,4,6,8H2,1-3H3,(H,17,18,19). The summed E-state index contributed by atoms with van der Waals surface area (Å²) in [5, 5.41) is 3.39. The Labute approximate surface area is 133 Å². The van der Waals surface area contributed by atoms with Gasteiger partial charge in [0.15, 0.2) is 5.82 Å². The minimum Gasteiger partial charge on any atom is -0.472 e. The molecule has 1 N–H and O–H groups in total. The Hall–Kier alpha value is -1.11. The predicted molar refractivity (Wildman–Crippen MR) is 89.8 cm³/mol. The van der Waals surface area contributed by atoms with Gasteiger partial charge in [0.1, 0.15) is 12.1 Å². The van der Waals surface area contributed by atoms with Crippen molar-refractivity contribution < 1.29 is 4.42 Å². The van der Waals surface area contributed by atoms with Gasteiger partial charge in [0.25, 0.3) is 0 Å². The predicted octanol–water partition coefficient (Wildman–Crippen LogP) is 4.36. The Bertz CT molecular complexity index is 552. The van der Waals surface area contributed by atoms with Crippen LogP contribution in [0, 0.1) is 9.49 Å². The lowest BCUT2D eigenvalue weighted by Crippen LogP contribution is -2.10. The normalized spacial score (nSPS) is 11.1. The number of hydrogen-bond acceptors (Lipinski definition) is 4. The van der Waals surface area contributed by atoms with E-state index in [9.17, 15) is 0 Å². The van der Waals surface area contributed by atoms with Crippen molar-refractivity contribution in [2.24, 2.45) is 5.92 Å². The Morgan fingerprint density at radius 2 is 2.15 bits per heavy atom. The maximum absolute atomic E-state index is 5.14. The van der Waals surface area contributed by atoms with E-state index in [1.54, 1.807) is 12.5 Å². The fourth-order valence-corrected chi connectivity index (χ4v) is 2.55. The van der Waals surface area contributed by atoms with Crippen molar-refractivity contribution in [3.05, 3.63) is 27.9 Å². The van der Waals surface area contributed by atoms with Crippen molar-refractivity contribution in [1.82, 2.24) is 9.97 Å². The lowest BCUT2D eigenvalue weighted by atomic mass is 10.1. The summed E-state index contributed by atoms with van der Waals surface area (Å²) < 4.78 is 6.26. The fraction of sp³-hybridized carbons (Fsp3) is 0.467. The Balaban J connectivity index is 2.42. The molecule has 2 aromatic rings. The van der Waals surface area contributed by atoms with Crippen LogP contribution in [-0.2, 0) is 6.42 Å². The summed E-state index contributed by atoms with van der Waals surface area (Å²) in [7, 11) is 0. The van der Waals surface area contributed by atoms with Crippen LogP contribution in [0.1, 0.15) is 32.9 Å². The SMILES string of the molecule is CCCNc1nc(-c2ccoc2)nc(CC(C)C)c1I. The van der Waals surface area contributed by atoms with Crippen molar-refractivity contribution in [2.75, 3.05) is 11.9 Å². The third-order valence-electron chi connectivity index (χ3n) is 2.84. The van der Waals surface area contributed by atoms with Crippen LogP contribution in [0.15, 0.2) is 23.0 Å². The molecule has 0 saturated carbocycles. The number of rotatable bonds is 6. The van der Waals surface area contributed by atoms with Crippen LogP contribution >= 0.6 is 22.6 Å². The number of anilines is 1. The largest absolute Gasteiger partial charge is 0.472 e. The molecule has 0 amide bonds. The smallest absolute Gasteiger partial charge is 0.165 e. The summed E-state index contributed by atoms with van der Waals surface area (Å²) in [6.45, 7) is 7.47. The quantitative estimate of drug-likeness (QED) is 0.751. The molecule has 20 heavy (non-hydrogen) atoms. The van der Waals surface area contributed by atoms with E-state index in [2.05, 4.69) is 53.7 Å². The number of hydrogen-bond donors (Lipinski definition) is 1. The third-order valence-corrected chi connectivity index (χ3v) is 3.98. The zero-order chi connectivity index (χ0) is 14.5. The van der Waals surface area contributed by atoms with Gasteiger partial charge in [-0.15, -0.1) is 0 Å². The number of nitrogens with zero attached hydrogens (tertiary/aromatic N) is 2. The van der Waals surface area contributed by atoms with Crippen LogP contribution in [0.3, 0.4) is 0 Å². The second kappa shape index (κ2) is 7.06. The molecule has 0 radical (unpaired) electrons.